The molecule has 6 heteroatoms. The second kappa shape index (κ2) is 6.30. The zero-order valence-electron chi connectivity index (χ0n) is 11.8. The van der Waals surface area contributed by atoms with Crippen molar-refractivity contribution in [1.82, 2.24) is 20.3 Å². The topological polar surface area (TPSA) is 67.8 Å². The summed E-state index contributed by atoms with van der Waals surface area (Å²) in [6.07, 6.45) is 11.9. The fourth-order valence-corrected chi connectivity index (χ4v) is 3.82. The van der Waals surface area contributed by atoms with Crippen LogP contribution >= 0.6 is 11.3 Å². The Morgan fingerprint density at radius 2 is 2.00 bits per heavy atom. The quantitative estimate of drug-likeness (QED) is 0.942. The first kappa shape index (κ1) is 14.1. The number of aromatic nitrogens is 3. The predicted octanol–water partition coefficient (Wildman–Crippen LogP) is 2.45. The Balaban J connectivity index is 1.75. The highest BCUT2D eigenvalue weighted by atomic mass is 32.1. The SMILES string of the molecule is O=C(NCc1cncnc1)C1(c2nccs2)CCCCC1. The summed E-state index contributed by atoms with van der Waals surface area (Å²) in [4.78, 5) is 25.2. The lowest BCUT2D eigenvalue weighted by molar-refractivity contribution is -0.128. The number of hydrogen-bond acceptors (Lipinski definition) is 5. The molecule has 0 saturated heterocycles. The highest BCUT2D eigenvalue weighted by Gasteiger charge is 2.43. The molecule has 3 rings (SSSR count). The molecule has 1 N–H and O–H groups in total. The number of nitrogens with zero attached hydrogens (tertiary/aromatic N) is 3. The molecule has 0 radical (unpaired) electrons. The van der Waals surface area contributed by atoms with Crippen LogP contribution in [0.5, 0.6) is 0 Å². The average Bonchev–Trinajstić information content (AvgIpc) is 3.09. The zero-order chi connectivity index (χ0) is 14.5. The molecule has 110 valence electrons. The predicted molar refractivity (Wildman–Crippen MR) is 80.8 cm³/mol. The monoisotopic (exact) mass is 302 g/mol. The van der Waals surface area contributed by atoms with Gasteiger partial charge in [0.25, 0.3) is 0 Å². The van der Waals surface area contributed by atoms with E-state index < -0.39 is 5.41 Å². The van der Waals surface area contributed by atoms with Crippen molar-refractivity contribution >= 4 is 17.2 Å². The maximum absolute atomic E-state index is 12.8. The summed E-state index contributed by atoms with van der Waals surface area (Å²) in [6, 6.07) is 0. The molecule has 0 aromatic carbocycles. The lowest BCUT2D eigenvalue weighted by Crippen LogP contribution is -2.45. The van der Waals surface area contributed by atoms with Crippen LogP contribution in [0.15, 0.2) is 30.3 Å². The first-order valence-electron chi connectivity index (χ1n) is 7.23. The second-order valence-electron chi connectivity index (χ2n) is 5.41. The number of thiazole rings is 1. The summed E-state index contributed by atoms with van der Waals surface area (Å²) in [5, 5.41) is 5.94. The third-order valence-electron chi connectivity index (χ3n) is 4.05. The lowest BCUT2D eigenvalue weighted by Gasteiger charge is -2.34. The van der Waals surface area contributed by atoms with E-state index in [-0.39, 0.29) is 5.91 Å². The van der Waals surface area contributed by atoms with Crippen LogP contribution in [-0.4, -0.2) is 20.9 Å². The van der Waals surface area contributed by atoms with Crippen molar-refractivity contribution < 1.29 is 4.79 Å². The molecule has 0 spiro atoms. The Hall–Kier alpha value is -1.82. The average molecular weight is 302 g/mol. The minimum atomic E-state index is -0.442. The largest absolute Gasteiger partial charge is 0.351 e. The summed E-state index contributed by atoms with van der Waals surface area (Å²) < 4.78 is 0. The van der Waals surface area contributed by atoms with Crippen LogP contribution < -0.4 is 5.32 Å². The van der Waals surface area contributed by atoms with Gasteiger partial charge in [0.05, 0.1) is 0 Å². The van der Waals surface area contributed by atoms with E-state index in [9.17, 15) is 4.79 Å². The number of amides is 1. The van der Waals surface area contributed by atoms with Gasteiger partial charge in [-0.3, -0.25) is 4.79 Å². The number of rotatable bonds is 4. The second-order valence-corrected chi connectivity index (χ2v) is 6.30. The van der Waals surface area contributed by atoms with Crippen molar-refractivity contribution in [2.24, 2.45) is 0 Å². The van der Waals surface area contributed by atoms with Crippen LogP contribution in [0.3, 0.4) is 0 Å². The van der Waals surface area contributed by atoms with Crippen LogP contribution in [0, 0.1) is 0 Å². The van der Waals surface area contributed by atoms with Gasteiger partial charge in [-0.2, -0.15) is 0 Å². The summed E-state index contributed by atoms with van der Waals surface area (Å²) >= 11 is 1.58. The molecule has 2 heterocycles. The van der Waals surface area contributed by atoms with Gasteiger partial charge in [0, 0.05) is 36.1 Å². The Morgan fingerprint density at radius 1 is 1.24 bits per heavy atom. The van der Waals surface area contributed by atoms with E-state index in [1.807, 2.05) is 5.38 Å². The third-order valence-corrected chi connectivity index (χ3v) is 5.03. The lowest BCUT2D eigenvalue weighted by atomic mass is 9.73. The van der Waals surface area contributed by atoms with Crippen molar-refractivity contribution in [1.29, 1.82) is 0 Å². The Morgan fingerprint density at radius 3 is 2.67 bits per heavy atom. The fourth-order valence-electron chi connectivity index (χ4n) is 2.93. The molecule has 0 atom stereocenters. The van der Waals surface area contributed by atoms with E-state index in [1.165, 1.54) is 12.7 Å². The van der Waals surface area contributed by atoms with Crippen molar-refractivity contribution in [2.45, 2.75) is 44.1 Å². The molecular formula is C15H18N4OS. The third kappa shape index (κ3) is 2.95. The van der Waals surface area contributed by atoms with Gasteiger partial charge < -0.3 is 5.32 Å². The Bertz CT molecular complexity index is 579. The van der Waals surface area contributed by atoms with Crippen LogP contribution in [-0.2, 0) is 16.8 Å². The van der Waals surface area contributed by atoms with Gasteiger partial charge in [0.2, 0.25) is 5.91 Å². The first-order valence-corrected chi connectivity index (χ1v) is 8.11. The molecule has 1 aliphatic rings. The number of hydrogen-bond donors (Lipinski definition) is 1. The maximum atomic E-state index is 12.8. The molecule has 1 amide bonds. The first-order chi connectivity index (χ1) is 10.3. The van der Waals surface area contributed by atoms with Gasteiger partial charge in [0.15, 0.2) is 0 Å². The van der Waals surface area contributed by atoms with Crippen LogP contribution in [0.25, 0.3) is 0 Å². The van der Waals surface area contributed by atoms with Gasteiger partial charge in [-0.25, -0.2) is 15.0 Å². The molecule has 2 aromatic heterocycles. The summed E-state index contributed by atoms with van der Waals surface area (Å²) in [5.74, 6) is 0.0843. The van der Waals surface area contributed by atoms with Crippen molar-refractivity contribution in [2.75, 3.05) is 0 Å². The summed E-state index contributed by atoms with van der Waals surface area (Å²) in [6.45, 7) is 0.465. The molecule has 2 aromatic rings. The highest BCUT2D eigenvalue weighted by Crippen LogP contribution is 2.40. The van der Waals surface area contributed by atoms with Gasteiger partial charge >= 0.3 is 0 Å². The van der Waals surface area contributed by atoms with Gasteiger partial charge in [-0.05, 0) is 12.8 Å². The van der Waals surface area contributed by atoms with Gasteiger partial charge in [0.1, 0.15) is 16.7 Å². The molecule has 1 saturated carbocycles. The number of nitrogens with one attached hydrogen (secondary N) is 1. The van der Waals surface area contributed by atoms with Crippen LogP contribution in [0.4, 0.5) is 0 Å². The van der Waals surface area contributed by atoms with Crippen LogP contribution in [0.2, 0.25) is 0 Å². The van der Waals surface area contributed by atoms with E-state index >= 15 is 0 Å². The molecule has 1 fully saturated rings. The standard InChI is InChI=1S/C15H18N4OS/c20-13(19-10-12-8-16-11-17-9-12)15(4-2-1-3-5-15)14-18-6-7-21-14/h6-9,11H,1-5,10H2,(H,19,20). The summed E-state index contributed by atoms with van der Waals surface area (Å²) in [5.41, 5.74) is 0.471. The molecule has 21 heavy (non-hydrogen) atoms. The summed E-state index contributed by atoms with van der Waals surface area (Å²) in [7, 11) is 0. The molecule has 0 bridgehead atoms. The Labute approximate surface area is 127 Å². The zero-order valence-corrected chi connectivity index (χ0v) is 12.6. The maximum Gasteiger partial charge on any atom is 0.233 e. The van der Waals surface area contributed by atoms with Crippen molar-refractivity contribution in [3.05, 3.63) is 40.9 Å². The molecule has 0 unspecified atom stereocenters. The minimum Gasteiger partial charge on any atom is -0.351 e. The van der Waals surface area contributed by atoms with E-state index in [0.29, 0.717) is 6.54 Å². The molecule has 5 nitrogen and oxygen atoms in total. The normalized spacial score (nSPS) is 17.3. The highest BCUT2D eigenvalue weighted by molar-refractivity contribution is 7.09. The van der Waals surface area contributed by atoms with Crippen LogP contribution in [0.1, 0.15) is 42.7 Å². The molecular weight excluding hydrogens is 284 g/mol. The smallest absolute Gasteiger partial charge is 0.233 e. The number of carbonyl (C=O) groups excluding carboxylic acids is 1. The molecule has 0 aliphatic heterocycles. The van der Waals surface area contributed by atoms with E-state index in [1.54, 1.807) is 29.9 Å². The van der Waals surface area contributed by atoms with Crippen molar-refractivity contribution in [3.63, 3.8) is 0 Å². The van der Waals surface area contributed by atoms with E-state index in [2.05, 4.69) is 20.3 Å². The van der Waals surface area contributed by atoms with E-state index in [0.717, 1.165) is 36.3 Å². The van der Waals surface area contributed by atoms with Crippen molar-refractivity contribution in [3.8, 4) is 0 Å². The Kier molecular flexibility index (Phi) is 4.24. The van der Waals surface area contributed by atoms with E-state index in [4.69, 9.17) is 0 Å². The fraction of sp³-hybridized carbons (Fsp3) is 0.467. The molecule has 1 aliphatic carbocycles. The minimum absolute atomic E-state index is 0.0843. The number of carbonyl (C=O) groups is 1. The van der Waals surface area contributed by atoms with Gasteiger partial charge in [-0.1, -0.05) is 19.3 Å². The van der Waals surface area contributed by atoms with Gasteiger partial charge in [-0.15, -0.1) is 11.3 Å².